The molecule has 33 heavy (non-hydrogen) atoms. The van der Waals surface area contributed by atoms with E-state index in [-0.39, 0.29) is 17.1 Å². The largest absolute Gasteiger partial charge is 0.494 e. The van der Waals surface area contributed by atoms with E-state index in [9.17, 15) is 9.90 Å². The molecule has 0 radical (unpaired) electrons. The van der Waals surface area contributed by atoms with Crippen molar-refractivity contribution in [2.24, 2.45) is 5.73 Å². The van der Waals surface area contributed by atoms with Gasteiger partial charge in [0, 0.05) is 29.4 Å². The zero-order valence-corrected chi connectivity index (χ0v) is 18.8. The second kappa shape index (κ2) is 11.5. The number of ether oxygens (including phenoxy) is 2. The number of carbonyl (C=O) groups is 1. The van der Waals surface area contributed by atoms with E-state index >= 15 is 4.39 Å². The van der Waals surface area contributed by atoms with E-state index in [1.54, 1.807) is 31.2 Å². The zero-order valence-electron chi connectivity index (χ0n) is 18.8. The Morgan fingerprint density at radius 3 is 2.52 bits per heavy atom. The van der Waals surface area contributed by atoms with Gasteiger partial charge in [0.1, 0.15) is 18.2 Å². The molecule has 178 valence electrons. The van der Waals surface area contributed by atoms with Crippen molar-refractivity contribution in [2.45, 2.75) is 32.2 Å². The second-order valence-electron chi connectivity index (χ2n) is 7.92. The number of rotatable bonds is 11. The summed E-state index contributed by atoms with van der Waals surface area (Å²) in [7, 11) is 0. The van der Waals surface area contributed by atoms with Gasteiger partial charge >= 0.3 is 5.97 Å². The van der Waals surface area contributed by atoms with Gasteiger partial charge < -0.3 is 25.6 Å². The van der Waals surface area contributed by atoms with Crippen LogP contribution in [0.3, 0.4) is 0 Å². The highest BCUT2D eigenvalue weighted by Gasteiger charge is 2.27. The van der Waals surface area contributed by atoms with Crippen LogP contribution in [0.1, 0.15) is 43.4 Å². The molecule has 1 aliphatic heterocycles. The van der Waals surface area contributed by atoms with Crippen molar-refractivity contribution in [1.82, 2.24) is 4.90 Å². The Hall–Kier alpha value is -3.33. The molecule has 1 aliphatic rings. The molecule has 0 spiro atoms. The number of amidine groups is 1. The van der Waals surface area contributed by atoms with Crippen LogP contribution in [-0.2, 0) is 4.79 Å². The number of anilines is 1. The predicted octanol–water partition coefficient (Wildman–Crippen LogP) is 3.61. The molecule has 8 nitrogen and oxygen atoms in total. The molecule has 5 N–H and O–H groups in total. The number of hydrogen-bond acceptors (Lipinski definition) is 6. The molecule has 0 saturated carbocycles. The first-order valence-electron chi connectivity index (χ1n) is 11.1. The molecule has 2 aromatic rings. The van der Waals surface area contributed by atoms with Crippen molar-refractivity contribution < 1.29 is 23.8 Å². The van der Waals surface area contributed by atoms with E-state index in [0.717, 1.165) is 25.9 Å². The van der Waals surface area contributed by atoms with Gasteiger partial charge in [-0.1, -0.05) is 6.42 Å². The standard InChI is InChI=1S/C24H31FN4O4/c1-2-32-18-14-19(21(25)20(15-18)33-13-12-29-10-4-3-5-11-29)22(24(30)31)28-17-8-6-16(7-9-17)23(26)27/h6-9,14-15,22,28H,2-5,10-13H2,1H3,(H3,26,27)(H,30,31). The molecule has 0 aromatic heterocycles. The number of piperidine rings is 1. The monoisotopic (exact) mass is 458 g/mol. The minimum atomic E-state index is -1.38. The number of aliphatic carboxylic acids is 1. The average molecular weight is 459 g/mol. The number of nitrogen functional groups attached to an aromatic ring is 1. The molecular weight excluding hydrogens is 427 g/mol. The summed E-state index contributed by atoms with van der Waals surface area (Å²) in [5, 5.41) is 20.1. The Morgan fingerprint density at radius 2 is 1.91 bits per heavy atom. The van der Waals surface area contributed by atoms with Crippen molar-refractivity contribution in [1.29, 1.82) is 5.41 Å². The fraction of sp³-hybridized carbons (Fsp3) is 0.417. The van der Waals surface area contributed by atoms with Crippen LogP contribution >= 0.6 is 0 Å². The van der Waals surface area contributed by atoms with Crippen LogP contribution in [-0.4, -0.2) is 54.7 Å². The third-order valence-electron chi connectivity index (χ3n) is 5.53. The van der Waals surface area contributed by atoms with Gasteiger partial charge in [0.25, 0.3) is 0 Å². The summed E-state index contributed by atoms with van der Waals surface area (Å²) in [5.74, 6) is -1.79. The van der Waals surface area contributed by atoms with Gasteiger partial charge in [-0.25, -0.2) is 9.18 Å². The summed E-state index contributed by atoms with van der Waals surface area (Å²) < 4.78 is 26.7. The number of likely N-dealkylation sites (tertiary alicyclic amines) is 1. The average Bonchev–Trinajstić information content (AvgIpc) is 2.80. The topological polar surface area (TPSA) is 121 Å². The van der Waals surface area contributed by atoms with Crippen LogP contribution in [0.15, 0.2) is 36.4 Å². The first-order valence-corrected chi connectivity index (χ1v) is 11.1. The zero-order chi connectivity index (χ0) is 23.8. The first kappa shape index (κ1) is 24.3. The SMILES string of the molecule is CCOc1cc(OCCN2CCCCC2)c(F)c(C(Nc2ccc(C(=N)N)cc2)C(=O)O)c1. The minimum Gasteiger partial charge on any atom is -0.494 e. The van der Waals surface area contributed by atoms with Gasteiger partial charge in [0.05, 0.1) is 6.61 Å². The molecule has 0 aliphatic carbocycles. The van der Waals surface area contributed by atoms with E-state index < -0.39 is 17.8 Å². The number of nitrogens with zero attached hydrogens (tertiary/aromatic N) is 1. The normalized spacial score (nSPS) is 15.0. The molecule has 1 saturated heterocycles. The summed E-state index contributed by atoms with van der Waals surface area (Å²) in [6, 6.07) is 7.82. The lowest BCUT2D eigenvalue weighted by atomic mass is 10.0. The fourth-order valence-corrected chi connectivity index (χ4v) is 3.81. The molecule has 1 heterocycles. The maximum Gasteiger partial charge on any atom is 0.330 e. The first-order chi connectivity index (χ1) is 15.9. The molecule has 3 rings (SSSR count). The van der Waals surface area contributed by atoms with Crippen LogP contribution in [0, 0.1) is 11.2 Å². The summed E-state index contributed by atoms with van der Waals surface area (Å²) >= 11 is 0. The summed E-state index contributed by atoms with van der Waals surface area (Å²) in [4.78, 5) is 14.3. The lowest BCUT2D eigenvalue weighted by Gasteiger charge is -2.26. The summed E-state index contributed by atoms with van der Waals surface area (Å²) in [6.45, 7) is 5.12. The molecule has 1 fully saturated rings. The van der Waals surface area contributed by atoms with Crippen LogP contribution in [0.25, 0.3) is 0 Å². The van der Waals surface area contributed by atoms with Crippen LogP contribution in [0.4, 0.5) is 10.1 Å². The second-order valence-corrected chi connectivity index (χ2v) is 7.92. The van der Waals surface area contributed by atoms with Gasteiger partial charge in [-0.2, -0.15) is 0 Å². The van der Waals surface area contributed by atoms with Gasteiger partial charge in [-0.3, -0.25) is 10.3 Å². The molecule has 1 atom stereocenters. The smallest absolute Gasteiger partial charge is 0.330 e. The van der Waals surface area contributed by atoms with E-state index in [1.165, 1.54) is 18.6 Å². The number of carboxylic acid groups (broad SMARTS) is 1. The summed E-state index contributed by atoms with van der Waals surface area (Å²) in [5.41, 5.74) is 6.32. The predicted molar refractivity (Wildman–Crippen MR) is 125 cm³/mol. The Bertz CT molecular complexity index is 962. The quantitative estimate of drug-likeness (QED) is 0.300. The minimum absolute atomic E-state index is 0.0343. The van der Waals surface area contributed by atoms with Gasteiger partial charge in [-0.05, 0) is 63.2 Å². The van der Waals surface area contributed by atoms with Gasteiger partial charge in [-0.15, -0.1) is 0 Å². The molecule has 2 aromatic carbocycles. The molecule has 9 heteroatoms. The summed E-state index contributed by atoms with van der Waals surface area (Å²) in [6.07, 6.45) is 3.53. The molecular formula is C24H31FN4O4. The highest BCUT2D eigenvalue weighted by atomic mass is 19.1. The van der Waals surface area contributed by atoms with Crippen molar-refractivity contribution >= 4 is 17.5 Å². The lowest BCUT2D eigenvalue weighted by molar-refractivity contribution is -0.138. The van der Waals surface area contributed by atoms with Crippen molar-refractivity contribution in [3.05, 3.63) is 53.3 Å². The Labute approximate surface area is 193 Å². The van der Waals surface area contributed by atoms with Crippen molar-refractivity contribution in [3.63, 3.8) is 0 Å². The van der Waals surface area contributed by atoms with Crippen molar-refractivity contribution in [2.75, 3.05) is 38.2 Å². The number of hydrogen-bond donors (Lipinski definition) is 4. The Kier molecular flexibility index (Phi) is 8.48. The van der Waals surface area contributed by atoms with Gasteiger partial charge in [0.15, 0.2) is 17.6 Å². The maximum atomic E-state index is 15.4. The highest BCUT2D eigenvalue weighted by molar-refractivity contribution is 5.95. The maximum absolute atomic E-state index is 15.4. The van der Waals surface area contributed by atoms with Gasteiger partial charge in [0.2, 0.25) is 0 Å². The van der Waals surface area contributed by atoms with Crippen LogP contribution in [0.2, 0.25) is 0 Å². The van der Waals surface area contributed by atoms with Crippen LogP contribution < -0.4 is 20.5 Å². The number of benzene rings is 2. The molecule has 0 amide bonds. The highest BCUT2D eigenvalue weighted by Crippen LogP contribution is 2.33. The number of carboxylic acids is 1. The fourth-order valence-electron chi connectivity index (χ4n) is 3.81. The van der Waals surface area contributed by atoms with E-state index in [1.807, 2.05) is 0 Å². The number of nitrogens with two attached hydrogens (primary N) is 1. The number of halogens is 1. The van der Waals surface area contributed by atoms with E-state index in [0.29, 0.717) is 36.8 Å². The molecule has 1 unspecified atom stereocenters. The number of nitrogens with one attached hydrogen (secondary N) is 2. The van der Waals surface area contributed by atoms with Crippen LogP contribution in [0.5, 0.6) is 11.5 Å². The Balaban J connectivity index is 1.82. The van der Waals surface area contributed by atoms with E-state index in [2.05, 4.69) is 10.2 Å². The third kappa shape index (κ3) is 6.58. The van der Waals surface area contributed by atoms with E-state index in [4.69, 9.17) is 20.6 Å². The van der Waals surface area contributed by atoms with Crippen molar-refractivity contribution in [3.8, 4) is 11.5 Å². The Morgan fingerprint density at radius 1 is 1.21 bits per heavy atom. The molecule has 0 bridgehead atoms. The third-order valence-corrected chi connectivity index (χ3v) is 5.53. The lowest BCUT2D eigenvalue weighted by Crippen LogP contribution is -2.33.